The number of rotatable bonds is 5. The molecule has 20 heavy (non-hydrogen) atoms. The predicted octanol–water partition coefficient (Wildman–Crippen LogP) is 3.58. The van der Waals surface area contributed by atoms with E-state index in [1.165, 1.54) is 67.6 Å². The van der Waals surface area contributed by atoms with E-state index < -0.39 is 0 Å². The van der Waals surface area contributed by atoms with Crippen molar-refractivity contribution in [3.05, 3.63) is 34.4 Å². The maximum atomic E-state index is 3.62. The van der Waals surface area contributed by atoms with Crippen LogP contribution in [0.1, 0.15) is 47.9 Å². The molecule has 1 N–H and O–H groups in total. The van der Waals surface area contributed by atoms with Crippen LogP contribution in [-0.2, 0) is 6.54 Å². The van der Waals surface area contributed by atoms with Gasteiger partial charge in [0.05, 0.1) is 0 Å². The maximum absolute atomic E-state index is 3.62. The van der Waals surface area contributed by atoms with Gasteiger partial charge in [-0.05, 0) is 69.0 Å². The fourth-order valence-electron chi connectivity index (χ4n) is 3.03. The zero-order chi connectivity index (χ0) is 14.4. The van der Waals surface area contributed by atoms with Gasteiger partial charge in [-0.15, -0.1) is 0 Å². The third-order valence-electron chi connectivity index (χ3n) is 4.57. The fraction of sp³-hybridized carbons (Fsp3) is 0.667. The molecule has 1 aliphatic heterocycles. The highest BCUT2D eigenvalue weighted by Gasteiger charge is 2.08. The molecule has 0 atom stereocenters. The van der Waals surface area contributed by atoms with Crippen molar-refractivity contribution < 1.29 is 0 Å². The first-order valence-corrected chi connectivity index (χ1v) is 8.16. The topological polar surface area (TPSA) is 15.3 Å². The van der Waals surface area contributed by atoms with Gasteiger partial charge in [-0.25, -0.2) is 0 Å². The van der Waals surface area contributed by atoms with E-state index >= 15 is 0 Å². The molecule has 1 aliphatic rings. The lowest BCUT2D eigenvalue weighted by Gasteiger charge is -2.20. The summed E-state index contributed by atoms with van der Waals surface area (Å²) in [4.78, 5) is 2.62. The SMILES string of the molecule is Cc1cc(C)c(CNCCN2CCCCCC2)cc1C. The zero-order valence-corrected chi connectivity index (χ0v) is 13.5. The lowest BCUT2D eigenvalue weighted by atomic mass is 10.0. The number of hydrogen-bond acceptors (Lipinski definition) is 2. The summed E-state index contributed by atoms with van der Waals surface area (Å²) in [5, 5.41) is 3.62. The van der Waals surface area contributed by atoms with Crippen LogP contribution in [0, 0.1) is 20.8 Å². The van der Waals surface area contributed by atoms with Gasteiger partial charge in [-0.2, -0.15) is 0 Å². The quantitative estimate of drug-likeness (QED) is 0.826. The van der Waals surface area contributed by atoms with Crippen LogP contribution in [-0.4, -0.2) is 31.1 Å². The first kappa shape index (κ1) is 15.5. The Kier molecular flexibility index (Phi) is 6.06. The summed E-state index contributed by atoms with van der Waals surface area (Å²) in [5.41, 5.74) is 5.66. The Bertz CT molecular complexity index is 418. The summed E-state index contributed by atoms with van der Waals surface area (Å²) in [5.74, 6) is 0. The highest BCUT2D eigenvalue weighted by Crippen LogP contribution is 2.15. The zero-order valence-electron chi connectivity index (χ0n) is 13.5. The van der Waals surface area contributed by atoms with Crippen molar-refractivity contribution in [3.63, 3.8) is 0 Å². The normalized spacial score (nSPS) is 17.1. The van der Waals surface area contributed by atoms with Crippen LogP contribution < -0.4 is 5.32 Å². The largest absolute Gasteiger partial charge is 0.311 e. The summed E-state index contributed by atoms with van der Waals surface area (Å²) in [7, 11) is 0. The van der Waals surface area contributed by atoms with Crippen molar-refractivity contribution >= 4 is 0 Å². The number of hydrogen-bond donors (Lipinski definition) is 1. The second kappa shape index (κ2) is 7.80. The molecule has 112 valence electrons. The number of likely N-dealkylation sites (tertiary alicyclic amines) is 1. The number of nitrogens with zero attached hydrogens (tertiary/aromatic N) is 1. The molecule has 1 saturated heterocycles. The van der Waals surface area contributed by atoms with E-state index in [0.717, 1.165) is 13.1 Å². The number of benzene rings is 1. The Hall–Kier alpha value is -0.860. The third-order valence-corrected chi connectivity index (χ3v) is 4.57. The predicted molar refractivity (Wildman–Crippen MR) is 87.3 cm³/mol. The van der Waals surface area contributed by atoms with Crippen molar-refractivity contribution in [1.29, 1.82) is 0 Å². The third kappa shape index (κ3) is 4.60. The van der Waals surface area contributed by atoms with Crippen molar-refractivity contribution in [1.82, 2.24) is 10.2 Å². The molecule has 1 fully saturated rings. The Morgan fingerprint density at radius 3 is 2.25 bits per heavy atom. The molecule has 0 spiro atoms. The Morgan fingerprint density at radius 1 is 0.900 bits per heavy atom. The van der Waals surface area contributed by atoms with E-state index in [4.69, 9.17) is 0 Å². The van der Waals surface area contributed by atoms with Crippen LogP contribution in [0.3, 0.4) is 0 Å². The van der Waals surface area contributed by atoms with Gasteiger partial charge in [0.25, 0.3) is 0 Å². The minimum Gasteiger partial charge on any atom is -0.311 e. The van der Waals surface area contributed by atoms with Crippen molar-refractivity contribution in [2.75, 3.05) is 26.2 Å². The van der Waals surface area contributed by atoms with Gasteiger partial charge in [0.2, 0.25) is 0 Å². The van der Waals surface area contributed by atoms with Gasteiger partial charge in [0.1, 0.15) is 0 Å². The summed E-state index contributed by atoms with van der Waals surface area (Å²) in [6, 6.07) is 4.64. The van der Waals surface area contributed by atoms with Crippen molar-refractivity contribution in [2.24, 2.45) is 0 Å². The molecule has 0 radical (unpaired) electrons. The van der Waals surface area contributed by atoms with Crippen LogP contribution in [0.5, 0.6) is 0 Å². The molecule has 0 bridgehead atoms. The molecule has 1 aromatic rings. The van der Waals surface area contributed by atoms with Crippen molar-refractivity contribution in [2.45, 2.75) is 53.0 Å². The van der Waals surface area contributed by atoms with Crippen LogP contribution >= 0.6 is 0 Å². The molecule has 2 nitrogen and oxygen atoms in total. The molecule has 2 rings (SSSR count). The van der Waals surface area contributed by atoms with Gasteiger partial charge in [0, 0.05) is 19.6 Å². The Labute approximate surface area is 124 Å². The highest BCUT2D eigenvalue weighted by molar-refractivity contribution is 5.36. The van der Waals surface area contributed by atoms with E-state index in [9.17, 15) is 0 Å². The van der Waals surface area contributed by atoms with Gasteiger partial charge in [-0.3, -0.25) is 0 Å². The average molecular weight is 274 g/mol. The molecule has 0 aromatic heterocycles. The van der Waals surface area contributed by atoms with E-state index in [1.54, 1.807) is 0 Å². The van der Waals surface area contributed by atoms with Crippen LogP contribution in [0.2, 0.25) is 0 Å². The maximum Gasteiger partial charge on any atom is 0.0208 e. The van der Waals surface area contributed by atoms with Crippen molar-refractivity contribution in [3.8, 4) is 0 Å². The second-order valence-corrected chi connectivity index (χ2v) is 6.30. The lowest BCUT2D eigenvalue weighted by Crippen LogP contribution is -2.32. The lowest BCUT2D eigenvalue weighted by molar-refractivity contribution is 0.284. The van der Waals surface area contributed by atoms with Crippen LogP contribution in [0.4, 0.5) is 0 Å². The molecule has 1 aromatic carbocycles. The number of aryl methyl sites for hydroxylation is 3. The Balaban J connectivity index is 1.74. The van der Waals surface area contributed by atoms with E-state index in [-0.39, 0.29) is 0 Å². The van der Waals surface area contributed by atoms with E-state index in [0.29, 0.717) is 0 Å². The minimum atomic E-state index is 1.00. The highest BCUT2D eigenvalue weighted by atomic mass is 15.1. The molecule has 2 heteroatoms. The summed E-state index contributed by atoms with van der Waals surface area (Å²) in [6.07, 6.45) is 5.62. The summed E-state index contributed by atoms with van der Waals surface area (Å²) in [6.45, 7) is 12.5. The molecule has 0 amide bonds. The number of nitrogens with one attached hydrogen (secondary N) is 1. The van der Waals surface area contributed by atoms with E-state index in [1.807, 2.05) is 0 Å². The average Bonchev–Trinajstić information content (AvgIpc) is 2.69. The molecule has 1 heterocycles. The monoisotopic (exact) mass is 274 g/mol. The van der Waals surface area contributed by atoms with Gasteiger partial charge in [0.15, 0.2) is 0 Å². The first-order chi connectivity index (χ1) is 9.66. The molecule has 0 unspecified atom stereocenters. The minimum absolute atomic E-state index is 1.00. The fourth-order valence-corrected chi connectivity index (χ4v) is 3.03. The molecule has 0 aliphatic carbocycles. The van der Waals surface area contributed by atoms with E-state index in [2.05, 4.69) is 43.1 Å². The summed E-state index contributed by atoms with van der Waals surface area (Å²) < 4.78 is 0. The van der Waals surface area contributed by atoms with Gasteiger partial charge < -0.3 is 10.2 Å². The second-order valence-electron chi connectivity index (χ2n) is 6.30. The molecule has 0 saturated carbocycles. The molecular formula is C18H30N2. The summed E-state index contributed by atoms with van der Waals surface area (Å²) >= 11 is 0. The first-order valence-electron chi connectivity index (χ1n) is 8.16. The Morgan fingerprint density at radius 2 is 1.55 bits per heavy atom. The standard InChI is InChI=1S/C18H30N2/c1-15-12-17(3)18(13-16(15)2)14-19-8-11-20-9-6-4-5-7-10-20/h12-13,19H,4-11,14H2,1-3H3. The van der Waals surface area contributed by atoms with Gasteiger partial charge in [-0.1, -0.05) is 25.0 Å². The van der Waals surface area contributed by atoms with Gasteiger partial charge >= 0.3 is 0 Å². The van der Waals surface area contributed by atoms with Crippen LogP contribution in [0.25, 0.3) is 0 Å². The van der Waals surface area contributed by atoms with Crippen LogP contribution in [0.15, 0.2) is 12.1 Å². The smallest absolute Gasteiger partial charge is 0.0208 e. The molecular weight excluding hydrogens is 244 g/mol.